The highest BCUT2D eigenvalue weighted by atomic mass is 32.2. The van der Waals surface area contributed by atoms with Gasteiger partial charge in [0.25, 0.3) is 0 Å². The van der Waals surface area contributed by atoms with E-state index in [0.717, 1.165) is 16.3 Å². The molecule has 0 aliphatic carbocycles. The lowest BCUT2D eigenvalue weighted by atomic mass is 10.1. The first-order valence-electron chi connectivity index (χ1n) is 7.13. The number of anilines is 1. The molecule has 1 rings (SSSR count). The fourth-order valence-electron chi connectivity index (χ4n) is 1.90. The number of likely N-dealkylation sites (N-methyl/N-ethyl adjacent to an activating group) is 1. The summed E-state index contributed by atoms with van der Waals surface area (Å²) in [6.45, 7) is 7.10. The van der Waals surface area contributed by atoms with Crippen LogP contribution in [0.2, 0.25) is 0 Å². The van der Waals surface area contributed by atoms with E-state index in [1.807, 2.05) is 30.1 Å². The van der Waals surface area contributed by atoms with Crippen LogP contribution in [0.4, 0.5) is 5.69 Å². The van der Waals surface area contributed by atoms with Crippen molar-refractivity contribution in [1.82, 2.24) is 5.32 Å². The first-order chi connectivity index (χ1) is 9.99. The number of hydrogen-bond acceptors (Lipinski definition) is 4. The molecule has 0 radical (unpaired) electrons. The van der Waals surface area contributed by atoms with Gasteiger partial charge in [0.1, 0.15) is 6.07 Å². The van der Waals surface area contributed by atoms with E-state index < -0.39 is 0 Å². The second-order valence-electron chi connectivity index (χ2n) is 5.25. The van der Waals surface area contributed by atoms with E-state index in [4.69, 9.17) is 0 Å². The highest BCUT2D eigenvalue weighted by molar-refractivity contribution is 7.99. The van der Waals surface area contributed by atoms with Gasteiger partial charge in [-0.15, -0.1) is 11.8 Å². The Hall–Kier alpha value is -1.67. The maximum atomic E-state index is 11.9. The van der Waals surface area contributed by atoms with Crippen LogP contribution in [0, 0.1) is 17.2 Å². The molecule has 114 valence electrons. The summed E-state index contributed by atoms with van der Waals surface area (Å²) < 4.78 is 0. The molecule has 0 unspecified atom stereocenters. The number of rotatable bonds is 7. The molecule has 0 saturated carbocycles. The molecule has 0 heterocycles. The molecule has 1 N–H and O–H groups in total. The minimum atomic E-state index is -0.0244. The Bertz CT molecular complexity index is 523. The topological polar surface area (TPSA) is 56.1 Å². The average Bonchev–Trinajstić information content (AvgIpc) is 2.45. The summed E-state index contributed by atoms with van der Waals surface area (Å²) in [4.78, 5) is 14.7. The monoisotopic (exact) mass is 305 g/mol. The predicted molar refractivity (Wildman–Crippen MR) is 88.7 cm³/mol. The number of amides is 1. The molecule has 0 aliphatic rings. The lowest BCUT2D eigenvalue weighted by molar-refractivity contribution is -0.119. The van der Waals surface area contributed by atoms with Crippen LogP contribution in [-0.4, -0.2) is 31.8 Å². The van der Waals surface area contributed by atoms with Gasteiger partial charge in [0, 0.05) is 18.5 Å². The van der Waals surface area contributed by atoms with Crippen LogP contribution in [0.3, 0.4) is 0 Å². The third-order valence-corrected chi connectivity index (χ3v) is 3.86. The smallest absolute Gasteiger partial charge is 0.239 e. The van der Waals surface area contributed by atoms with Gasteiger partial charge < -0.3 is 10.2 Å². The standard InChI is InChI=1S/C16H23N3OS/c1-5-21-15-8-6-7-14(13(15)9-17)19(4)11-16(20)18-10-12(2)3/h6-8,12H,5,10-11H2,1-4H3,(H,18,20). The number of benzene rings is 1. The average molecular weight is 305 g/mol. The first kappa shape index (κ1) is 17.4. The van der Waals surface area contributed by atoms with E-state index >= 15 is 0 Å². The Balaban J connectivity index is 2.82. The van der Waals surface area contributed by atoms with Crippen molar-refractivity contribution >= 4 is 23.4 Å². The molecule has 0 fully saturated rings. The molecule has 0 atom stereocenters. The van der Waals surface area contributed by atoms with Crippen molar-refractivity contribution in [3.8, 4) is 6.07 Å². The highest BCUT2D eigenvalue weighted by Crippen LogP contribution is 2.29. The van der Waals surface area contributed by atoms with E-state index in [9.17, 15) is 10.1 Å². The summed E-state index contributed by atoms with van der Waals surface area (Å²) >= 11 is 1.64. The van der Waals surface area contributed by atoms with Gasteiger partial charge >= 0.3 is 0 Å². The molecule has 0 aromatic heterocycles. The van der Waals surface area contributed by atoms with Crippen LogP contribution in [0.5, 0.6) is 0 Å². The zero-order valence-corrected chi connectivity index (χ0v) is 14.0. The van der Waals surface area contributed by atoms with Crippen LogP contribution < -0.4 is 10.2 Å². The molecule has 1 aromatic carbocycles. The van der Waals surface area contributed by atoms with Crippen molar-refractivity contribution in [1.29, 1.82) is 5.26 Å². The van der Waals surface area contributed by atoms with E-state index in [-0.39, 0.29) is 12.5 Å². The second-order valence-corrected chi connectivity index (χ2v) is 6.55. The Kier molecular flexibility index (Phi) is 7.10. The van der Waals surface area contributed by atoms with E-state index in [2.05, 4.69) is 32.2 Å². The number of nitriles is 1. The van der Waals surface area contributed by atoms with Gasteiger partial charge in [0.05, 0.1) is 17.8 Å². The fourth-order valence-corrected chi connectivity index (χ4v) is 2.68. The zero-order chi connectivity index (χ0) is 15.8. The van der Waals surface area contributed by atoms with E-state index in [0.29, 0.717) is 18.0 Å². The highest BCUT2D eigenvalue weighted by Gasteiger charge is 2.14. The maximum absolute atomic E-state index is 11.9. The van der Waals surface area contributed by atoms with E-state index in [1.165, 1.54) is 0 Å². The molecular formula is C16H23N3OS. The van der Waals surface area contributed by atoms with Crippen LogP contribution >= 0.6 is 11.8 Å². The number of thioether (sulfide) groups is 1. The molecule has 1 aromatic rings. The molecule has 5 heteroatoms. The van der Waals surface area contributed by atoms with Crippen LogP contribution in [-0.2, 0) is 4.79 Å². The third-order valence-electron chi connectivity index (χ3n) is 2.92. The summed E-state index contributed by atoms with van der Waals surface area (Å²) in [6, 6.07) is 8.02. The van der Waals surface area contributed by atoms with Gasteiger partial charge in [0.15, 0.2) is 0 Å². The molecule has 4 nitrogen and oxygen atoms in total. The number of nitrogens with one attached hydrogen (secondary N) is 1. The van der Waals surface area contributed by atoms with Crippen molar-refractivity contribution in [2.24, 2.45) is 5.92 Å². The van der Waals surface area contributed by atoms with Crippen molar-refractivity contribution in [2.45, 2.75) is 25.7 Å². The van der Waals surface area contributed by atoms with Gasteiger partial charge in [-0.1, -0.05) is 26.8 Å². The van der Waals surface area contributed by atoms with Gasteiger partial charge in [-0.25, -0.2) is 0 Å². The molecule has 0 saturated heterocycles. The predicted octanol–water partition coefficient (Wildman–Crippen LogP) is 2.88. The van der Waals surface area contributed by atoms with Crippen molar-refractivity contribution < 1.29 is 4.79 Å². The normalized spacial score (nSPS) is 10.3. The molecule has 1 amide bonds. The summed E-state index contributed by atoms with van der Waals surface area (Å²) in [7, 11) is 1.84. The molecule has 21 heavy (non-hydrogen) atoms. The number of carbonyl (C=O) groups is 1. The molecule has 0 aliphatic heterocycles. The van der Waals surface area contributed by atoms with Crippen molar-refractivity contribution in [3.05, 3.63) is 23.8 Å². The van der Waals surface area contributed by atoms with Crippen LogP contribution in [0.15, 0.2) is 23.1 Å². The Morgan fingerprint density at radius 3 is 2.76 bits per heavy atom. The Labute approximate surface area is 131 Å². The summed E-state index contributed by atoms with van der Waals surface area (Å²) in [5.41, 5.74) is 1.44. The minimum absolute atomic E-state index is 0.0244. The first-order valence-corrected chi connectivity index (χ1v) is 8.11. The zero-order valence-electron chi connectivity index (χ0n) is 13.1. The van der Waals surface area contributed by atoms with Gasteiger partial charge in [-0.3, -0.25) is 4.79 Å². The molecule has 0 bridgehead atoms. The summed E-state index contributed by atoms with van der Waals surface area (Å²) in [6.07, 6.45) is 0. The maximum Gasteiger partial charge on any atom is 0.239 e. The fraction of sp³-hybridized carbons (Fsp3) is 0.500. The number of carbonyl (C=O) groups excluding carboxylic acids is 1. The van der Waals surface area contributed by atoms with Crippen molar-refractivity contribution in [3.63, 3.8) is 0 Å². The Morgan fingerprint density at radius 1 is 1.48 bits per heavy atom. The number of hydrogen-bond donors (Lipinski definition) is 1. The lowest BCUT2D eigenvalue weighted by Crippen LogP contribution is -2.37. The number of nitrogens with zero attached hydrogens (tertiary/aromatic N) is 2. The van der Waals surface area contributed by atoms with Gasteiger partial charge in [-0.05, 0) is 23.8 Å². The second kappa shape index (κ2) is 8.58. The lowest BCUT2D eigenvalue weighted by Gasteiger charge is -2.21. The summed E-state index contributed by atoms with van der Waals surface area (Å²) in [5.74, 6) is 1.32. The largest absolute Gasteiger partial charge is 0.364 e. The minimum Gasteiger partial charge on any atom is -0.364 e. The van der Waals surface area contributed by atoms with Crippen LogP contribution in [0.1, 0.15) is 26.3 Å². The SMILES string of the molecule is CCSc1cccc(N(C)CC(=O)NCC(C)C)c1C#N. The van der Waals surface area contributed by atoms with Crippen molar-refractivity contribution in [2.75, 3.05) is 30.8 Å². The van der Waals surface area contributed by atoms with Gasteiger partial charge in [0.2, 0.25) is 5.91 Å². The molecule has 0 spiro atoms. The molecular weight excluding hydrogens is 282 g/mol. The van der Waals surface area contributed by atoms with Gasteiger partial charge in [-0.2, -0.15) is 5.26 Å². The summed E-state index contributed by atoms with van der Waals surface area (Å²) in [5, 5.41) is 12.3. The third kappa shape index (κ3) is 5.31. The quantitative estimate of drug-likeness (QED) is 0.787. The van der Waals surface area contributed by atoms with Crippen LogP contribution in [0.25, 0.3) is 0 Å². The van der Waals surface area contributed by atoms with E-state index in [1.54, 1.807) is 11.8 Å². The Morgan fingerprint density at radius 2 is 2.19 bits per heavy atom.